The lowest BCUT2D eigenvalue weighted by molar-refractivity contribution is 0.00250. The zero-order valence-electron chi connectivity index (χ0n) is 25.2. The summed E-state index contributed by atoms with van der Waals surface area (Å²) in [6.45, 7) is 8.78. The quantitative estimate of drug-likeness (QED) is 0.171. The molecule has 3 aromatic rings. The van der Waals surface area contributed by atoms with Gasteiger partial charge in [-0.25, -0.2) is 21.6 Å². The van der Waals surface area contributed by atoms with E-state index in [4.69, 9.17) is 0 Å². The van der Waals surface area contributed by atoms with Gasteiger partial charge in [0.15, 0.2) is 0 Å². The largest absolute Gasteiger partial charge is 0.506 e. The number of sulfonamides is 2. The first-order chi connectivity index (χ1) is 20.4. The van der Waals surface area contributed by atoms with E-state index in [-0.39, 0.29) is 34.4 Å². The molecular formula is C30H40N4O8S2. The molecule has 0 aliphatic heterocycles. The second-order valence-electron chi connectivity index (χ2n) is 12.0. The predicted molar refractivity (Wildman–Crippen MR) is 166 cm³/mol. The second kappa shape index (κ2) is 13.9. The molecule has 5 N–H and O–H groups in total. The van der Waals surface area contributed by atoms with Crippen LogP contribution in [-0.4, -0.2) is 72.3 Å². The highest BCUT2D eigenvalue weighted by atomic mass is 32.2. The number of aromatic nitrogens is 1. The number of aliphatic hydroxyl groups is 1. The number of amides is 1. The van der Waals surface area contributed by atoms with Crippen LogP contribution >= 0.6 is 0 Å². The maximum Gasteiger partial charge on any atom is 0.404 e. The first-order valence-electron chi connectivity index (χ1n) is 13.9. The molecule has 0 saturated heterocycles. The smallest absolute Gasteiger partial charge is 0.404 e. The number of nitrogens with zero attached hydrogens (tertiary/aromatic N) is 2. The predicted octanol–water partition coefficient (Wildman–Crippen LogP) is 3.89. The normalized spacial score (nSPS) is 14.6. The lowest BCUT2D eigenvalue weighted by atomic mass is 9.79. The van der Waals surface area contributed by atoms with E-state index in [1.54, 1.807) is 65.0 Å². The van der Waals surface area contributed by atoms with Crippen LogP contribution in [0.2, 0.25) is 0 Å². The Hall–Kier alpha value is -3.72. The third kappa shape index (κ3) is 8.68. The lowest BCUT2D eigenvalue weighted by Crippen LogP contribution is -2.61. The van der Waals surface area contributed by atoms with Crippen molar-refractivity contribution in [1.29, 1.82) is 0 Å². The van der Waals surface area contributed by atoms with Crippen molar-refractivity contribution >= 4 is 31.8 Å². The third-order valence-corrected chi connectivity index (χ3v) is 10.0. The summed E-state index contributed by atoms with van der Waals surface area (Å²) in [6, 6.07) is 12.6. The lowest BCUT2D eigenvalue weighted by Gasteiger charge is -2.44. The standard InChI is InChI=1S/C30H40N4O8S2/c1-20(2)19-34(28(30(3,4)5)27(36)25(32-29(37)38)16-21-10-7-6-8-11-21)44(41,42)22-13-14-26(35)24(17-22)33-43(39,40)23-12-9-15-31-18-23/h6-15,17-18,20,25,27-28,32-33,35-36H,16,19H2,1-5H3,(H,37,38)/t25-,27+,28?/m0/s1. The van der Waals surface area contributed by atoms with Gasteiger partial charge in [0.25, 0.3) is 10.0 Å². The van der Waals surface area contributed by atoms with E-state index in [9.17, 15) is 36.9 Å². The summed E-state index contributed by atoms with van der Waals surface area (Å²) in [5, 5.41) is 34.3. The van der Waals surface area contributed by atoms with Gasteiger partial charge in [-0.1, -0.05) is 65.0 Å². The summed E-state index contributed by atoms with van der Waals surface area (Å²) in [5.41, 5.74) is -0.542. The van der Waals surface area contributed by atoms with Gasteiger partial charge in [0, 0.05) is 18.9 Å². The van der Waals surface area contributed by atoms with Gasteiger partial charge in [-0.3, -0.25) is 9.71 Å². The van der Waals surface area contributed by atoms with Gasteiger partial charge in [-0.15, -0.1) is 0 Å². The van der Waals surface area contributed by atoms with Crippen molar-refractivity contribution in [3.8, 4) is 5.75 Å². The highest BCUT2D eigenvalue weighted by molar-refractivity contribution is 7.92. The Balaban J connectivity index is 2.11. The Labute approximate surface area is 258 Å². The molecule has 1 unspecified atom stereocenters. The molecule has 0 bridgehead atoms. The maximum atomic E-state index is 14.4. The van der Waals surface area contributed by atoms with E-state index in [1.165, 1.54) is 18.3 Å². The minimum absolute atomic E-state index is 0.0515. The topological polar surface area (TPSA) is 186 Å². The molecule has 1 heterocycles. The first-order valence-corrected chi connectivity index (χ1v) is 16.8. The number of aromatic hydroxyl groups is 1. The molecule has 0 aliphatic rings. The third-order valence-electron chi connectivity index (χ3n) is 6.85. The average Bonchev–Trinajstić information content (AvgIpc) is 2.93. The highest BCUT2D eigenvalue weighted by Crippen LogP contribution is 2.36. The molecule has 2 aromatic carbocycles. The van der Waals surface area contributed by atoms with Crippen LogP contribution in [0.15, 0.2) is 82.8 Å². The Morgan fingerprint density at radius 2 is 1.64 bits per heavy atom. The number of aliphatic hydroxyl groups excluding tert-OH is 1. The zero-order valence-corrected chi connectivity index (χ0v) is 26.9. The molecule has 0 aliphatic carbocycles. The SMILES string of the molecule is CC(C)CN(C([C@H](O)[C@H](Cc1ccccc1)NC(=O)O)C(C)(C)C)S(=O)(=O)c1ccc(O)c(NS(=O)(=O)c2cccnc2)c1. The van der Waals surface area contributed by atoms with Gasteiger partial charge in [0.1, 0.15) is 10.6 Å². The van der Waals surface area contributed by atoms with Crippen molar-refractivity contribution in [2.75, 3.05) is 11.3 Å². The molecule has 0 radical (unpaired) electrons. The number of phenolic OH excluding ortho intramolecular Hbond substituents is 1. The number of hydrogen-bond acceptors (Lipinski definition) is 8. The van der Waals surface area contributed by atoms with E-state index in [1.807, 2.05) is 0 Å². The molecule has 1 aromatic heterocycles. The van der Waals surface area contributed by atoms with Crippen LogP contribution in [0.5, 0.6) is 5.75 Å². The van der Waals surface area contributed by atoms with Crippen molar-refractivity contribution in [2.24, 2.45) is 11.3 Å². The number of carboxylic acid groups (broad SMARTS) is 1. The fraction of sp³-hybridized carbons (Fsp3) is 0.400. The fourth-order valence-electron chi connectivity index (χ4n) is 4.94. The molecule has 14 heteroatoms. The van der Waals surface area contributed by atoms with Crippen molar-refractivity contribution in [2.45, 2.75) is 69.0 Å². The minimum Gasteiger partial charge on any atom is -0.506 e. The number of phenols is 1. The maximum absolute atomic E-state index is 14.4. The van der Waals surface area contributed by atoms with Gasteiger partial charge in [0.05, 0.1) is 28.8 Å². The van der Waals surface area contributed by atoms with E-state index < -0.39 is 55.5 Å². The molecule has 0 spiro atoms. The van der Waals surface area contributed by atoms with Crippen LogP contribution in [0.4, 0.5) is 10.5 Å². The van der Waals surface area contributed by atoms with Crippen LogP contribution < -0.4 is 10.0 Å². The van der Waals surface area contributed by atoms with Crippen LogP contribution in [-0.2, 0) is 26.5 Å². The van der Waals surface area contributed by atoms with E-state index in [2.05, 4.69) is 15.0 Å². The number of pyridine rings is 1. The van der Waals surface area contributed by atoms with Crippen LogP contribution in [0.25, 0.3) is 0 Å². The van der Waals surface area contributed by atoms with Crippen molar-refractivity contribution in [3.63, 3.8) is 0 Å². The van der Waals surface area contributed by atoms with Crippen molar-refractivity contribution in [1.82, 2.24) is 14.6 Å². The van der Waals surface area contributed by atoms with Crippen LogP contribution in [0, 0.1) is 11.3 Å². The Morgan fingerprint density at radius 3 is 2.18 bits per heavy atom. The molecular weight excluding hydrogens is 608 g/mol. The van der Waals surface area contributed by atoms with Crippen LogP contribution in [0.3, 0.4) is 0 Å². The fourth-order valence-corrected chi connectivity index (χ4v) is 7.98. The van der Waals surface area contributed by atoms with Gasteiger partial charge < -0.3 is 20.6 Å². The van der Waals surface area contributed by atoms with Gasteiger partial charge >= 0.3 is 6.09 Å². The van der Waals surface area contributed by atoms with E-state index in [0.717, 1.165) is 34.3 Å². The highest BCUT2D eigenvalue weighted by Gasteiger charge is 2.45. The number of carbonyl (C=O) groups is 1. The summed E-state index contributed by atoms with van der Waals surface area (Å²) >= 11 is 0. The van der Waals surface area contributed by atoms with Gasteiger partial charge in [0.2, 0.25) is 10.0 Å². The van der Waals surface area contributed by atoms with Crippen molar-refractivity contribution in [3.05, 3.63) is 78.6 Å². The summed E-state index contributed by atoms with van der Waals surface area (Å²) < 4.78 is 57.9. The molecule has 1 amide bonds. The average molecular weight is 649 g/mol. The number of hydrogen-bond donors (Lipinski definition) is 5. The van der Waals surface area contributed by atoms with Crippen molar-refractivity contribution < 1.29 is 36.9 Å². The summed E-state index contributed by atoms with van der Waals surface area (Å²) in [5.74, 6) is -0.727. The second-order valence-corrected chi connectivity index (χ2v) is 15.6. The molecule has 240 valence electrons. The summed E-state index contributed by atoms with van der Waals surface area (Å²) in [6.07, 6.45) is -0.281. The zero-order chi connectivity index (χ0) is 32.9. The Bertz CT molecular complexity index is 1630. The summed E-state index contributed by atoms with van der Waals surface area (Å²) in [7, 11) is -8.71. The molecule has 3 rings (SSSR count). The molecule has 3 atom stereocenters. The number of rotatable bonds is 13. The van der Waals surface area contributed by atoms with Crippen LogP contribution in [0.1, 0.15) is 40.2 Å². The number of nitrogens with one attached hydrogen (secondary N) is 2. The molecule has 0 fully saturated rings. The van der Waals surface area contributed by atoms with E-state index >= 15 is 0 Å². The molecule has 12 nitrogen and oxygen atoms in total. The summed E-state index contributed by atoms with van der Waals surface area (Å²) in [4.78, 5) is 15.0. The Kier molecular flexibility index (Phi) is 11.0. The molecule has 44 heavy (non-hydrogen) atoms. The number of benzene rings is 2. The van der Waals surface area contributed by atoms with Gasteiger partial charge in [-0.2, -0.15) is 4.31 Å². The van der Waals surface area contributed by atoms with E-state index in [0.29, 0.717) is 0 Å². The first kappa shape index (κ1) is 34.8. The van der Waals surface area contributed by atoms with Gasteiger partial charge in [-0.05, 0) is 53.6 Å². The number of anilines is 1. The molecule has 0 saturated carbocycles. The minimum atomic E-state index is -4.48. The Morgan fingerprint density at radius 1 is 0.977 bits per heavy atom. The monoisotopic (exact) mass is 648 g/mol.